The number of nitrogens with zero attached hydrogens (tertiary/aromatic N) is 4. The summed E-state index contributed by atoms with van der Waals surface area (Å²) in [6.45, 7) is 24.8. The molecule has 5 aromatic carbocycles. The first-order chi connectivity index (χ1) is 27.7. The van der Waals surface area contributed by atoms with Gasteiger partial charge in [0, 0.05) is 50.0 Å². The first-order valence-corrected chi connectivity index (χ1v) is 20.6. The van der Waals surface area contributed by atoms with Crippen molar-refractivity contribution in [3.8, 4) is 39.8 Å². The van der Waals surface area contributed by atoms with E-state index in [1.165, 1.54) is 33.4 Å². The second kappa shape index (κ2) is 16.4. The molecule has 59 heavy (non-hydrogen) atoms. The van der Waals surface area contributed by atoms with Crippen LogP contribution in [0.25, 0.3) is 50.1 Å². The van der Waals surface area contributed by atoms with Crippen LogP contribution in [0.15, 0.2) is 109 Å². The molecule has 0 atom stereocenters. The number of benzene rings is 5. The minimum absolute atomic E-state index is 0. The van der Waals surface area contributed by atoms with Crippen molar-refractivity contribution >= 4 is 21.8 Å². The van der Waals surface area contributed by atoms with Gasteiger partial charge >= 0.3 is 0 Å². The van der Waals surface area contributed by atoms with Crippen LogP contribution in [0, 0.1) is 32.3 Å². The molecular weight excluding hydrogens is 904 g/mol. The van der Waals surface area contributed by atoms with Gasteiger partial charge in [0.15, 0.2) is 0 Å². The first-order valence-electron chi connectivity index (χ1n) is 20.6. The van der Waals surface area contributed by atoms with E-state index in [1.54, 1.807) is 0 Å². The average Bonchev–Trinajstić information content (AvgIpc) is 3.69. The van der Waals surface area contributed by atoms with E-state index < -0.39 is 0 Å². The molecule has 0 N–H and O–H groups in total. The van der Waals surface area contributed by atoms with Gasteiger partial charge in [-0.2, -0.15) is 18.2 Å². The number of imidazole rings is 1. The molecule has 0 aliphatic rings. The van der Waals surface area contributed by atoms with Crippen molar-refractivity contribution in [2.24, 2.45) is 0 Å². The van der Waals surface area contributed by atoms with Crippen LogP contribution in [0.1, 0.15) is 114 Å². The van der Waals surface area contributed by atoms with Crippen molar-refractivity contribution < 1.29 is 30.4 Å². The second-order valence-corrected chi connectivity index (χ2v) is 17.6. The Bertz CT molecular complexity index is 2790. The number of fused-ring (bicyclic) bond motifs is 3. The molecule has 0 amide bonds. The fourth-order valence-electron chi connectivity index (χ4n) is 8.07. The first kappa shape index (κ1) is 41.9. The summed E-state index contributed by atoms with van der Waals surface area (Å²) >= 11 is 0. The zero-order valence-corrected chi connectivity index (χ0v) is 38.4. The van der Waals surface area contributed by atoms with E-state index in [1.807, 2.05) is 24.4 Å². The van der Waals surface area contributed by atoms with Gasteiger partial charge in [-0.3, -0.25) is 4.57 Å². The summed E-state index contributed by atoms with van der Waals surface area (Å²) in [7, 11) is 0. The van der Waals surface area contributed by atoms with Crippen molar-refractivity contribution in [1.29, 1.82) is 0 Å². The quantitative estimate of drug-likeness (QED) is 0.107. The van der Waals surface area contributed by atoms with Crippen molar-refractivity contribution in [2.75, 3.05) is 0 Å². The maximum Gasteiger partial charge on any atom is 0.267 e. The van der Waals surface area contributed by atoms with E-state index in [2.05, 4.69) is 193 Å². The number of aromatic nitrogens is 4. The number of para-hydroxylation sites is 1. The third-order valence-corrected chi connectivity index (χ3v) is 11.5. The van der Waals surface area contributed by atoms with Crippen LogP contribution < -0.4 is 9.30 Å². The van der Waals surface area contributed by atoms with E-state index in [-0.39, 0.29) is 26.5 Å². The molecule has 0 radical (unpaired) electrons. The molecule has 0 saturated carbocycles. The molecule has 0 aliphatic carbocycles. The number of hydrogen-bond donors (Lipinski definition) is 0. The maximum atomic E-state index is 6.54. The molecule has 8 aromatic rings. The Morgan fingerprint density at radius 2 is 1.39 bits per heavy atom. The summed E-state index contributed by atoms with van der Waals surface area (Å²) in [6, 6.07) is 43.8. The molecule has 3 aromatic heterocycles. The van der Waals surface area contributed by atoms with E-state index in [4.69, 9.17) is 9.72 Å². The second-order valence-electron chi connectivity index (χ2n) is 17.6. The molecule has 0 bridgehead atoms. The Kier molecular flexibility index (Phi) is 11.7. The minimum Gasteiger partial charge on any atom is -0.510 e. The topological polar surface area (TPSA) is 35.9 Å². The molecule has 0 spiro atoms. The molecule has 0 aliphatic heterocycles. The van der Waals surface area contributed by atoms with Crippen molar-refractivity contribution in [2.45, 2.75) is 99.3 Å². The third-order valence-electron chi connectivity index (χ3n) is 11.5. The van der Waals surface area contributed by atoms with Gasteiger partial charge < -0.3 is 13.9 Å². The molecule has 0 fully saturated rings. The summed E-state index contributed by atoms with van der Waals surface area (Å²) in [5.74, 6) is 3.34. The molecule has 5 nitrogen and oxygen atoms in total. The van der Waals surface area contributed by atoms with Crippen LogP contribution in [0.3, 0.4) is 0 Å². The van der Waals surface area contributed by atoms with Crippen LogP contribution in [0.2, 0.25) is 0 Å². The zero-order chi connectivity index (χ0) is 41.0. The Morgan fingerprint density at radius 3 is 2.08 bits per heavy atom. The van der Waals surface area contributed by atoms with Gasteiger partial charge in [0.1, 0.15) is 5.82 Å². The summed E-state index contributed by atoms with van der Waals surface area (Å²) in [5, 5.41) is 2.24. The van der Waals surface area contributed by atoms with Crippen LogP contribution >= 0.6 is 0 Å². The van der Waals surface area contributed by atoms with Gasteiger partial charge in [-0.25, -0.2) is 4.98 Å². The van der Waals surface area contributed by atoms with E-state index in [0.717, 1.165) is 50.4 Å². The van der Waals surface area contributed by atoms with E-state index in [0.29, 0.717) is 29.3 Å². The van der Waals surface area contributed by atoms with E-state index >= 15 is 0 Å². The van der Waals surface area contributed by atoms with Crippen LogP contribution in [0.4, 0.5) is 0 Å². The number of ether oxygens (including phenoxy) is 1. The third kappa shape index (κ3) is 7.95. The predicted octanol–water partition coefficient (Wildman–Crippen LogP) is 13.4. The zero-order valence-electron chi connectivity index (χ0n) is 36.1. The standard InChI is InChI=1S/C53H54N4O.Pt/c1-33(2)39-27-47(34(3)4)52(48(28-39)35(5)6)38-16-14-17-41(26-38)55-32-56(37(8)36(55)7)42-18-15-19-43(30-42)58-44-22-23-46-45-20-12-13-21-49(45)57(50(46)31-44)51-29-40(24-25-54-51)53(9,10)11;/h12-29,33-35H,1-11H3;/q-2;. The average molecular weight is 958 g/mol. The molecule has 0 unspecified atom stereocenters. The van der Waals surface area contributed by atoms with Crippen molar-refractivity contribution in [3.05, 3.63) is 161 Å². The Morgan fingerprint density at radius 1 is 0.695 bits per heavy atom. The summed E-state index contributed by atoms with van der Waals surface area (Å²) < 4.78 is 13.0. The molecular formula is C53H54N4OPt-2. The largest absolute Gasteiger partial charge is 0.510 e. The molecule has 6 heteroatoms. The number of hydrogen-bond acceptors (Lipinski definition) is 2. The van der Waals surface area contributed by atoms with Crippen LogP contribution in [-0.2, 0) is 26.5 Å². The van der Waals surface area contributed by atoms with Crippen LogP contribution in [0.5, 0.6) is 11.5 Å². The molecule has 8 rings (SSSR count). The maximum absolute atomic E-state index is 6.54. The van der Waals surface area contributed by atoms with E-state index in [9.17, 15) is 0 Å². The Hall–Kier alpha value is -5.25. The molecule has 0 saturated heterocycles. The van der Waals surface area contributed by atoms with Gasteiger partial charge in [0.05, 0.1) is 11.4 Å². The minimum atomic E-state index is -0.0121. The van der Waals surface area contributed by atoms with Gasteiger partial charge in [-0.15, -0.1) is 29.7 Å². The van der Waals surface area contributed by atoms with Crippen molar-refractivity contribution in [3.63, 3.8) is 0 Å². The summed E-state index contributed by atoms with van der Waals surface area (Å²) in [5.41, 5.74) is 14.1. The number of pyridine rings is 1. The van der Waals surface area contributed by atoms with Gasteiger partial charge in [0.25, 0.3) is 6.33 Å². The number of rotatable bonds is 9. The molecule has 304 valence electrons. The SMILES string of the molecule is Cc1c(C)[n+](-c2cccc(-c3c(C(C)C)cc(C(C)C)cc3C(C)C)c2)[c-]n1-c1[c-]c(Oc2[c-]c3c(cc2)c2ccccc2n3-c2cc(C(C)(C)C)ccn2)ccc1.[Pt]. The van der Waals surface area contributed by atoms with Crippen molar-refractivity contribution in [1.82, 2.24) is 14.1 Å². The van der Waals surface area contributed by atoms with Gasteiger partial charge in [0.2, 0.25) is 0 Å². The molecule has 3 heterocycles. The monoisotopic (exact) mass is 957 g/mol. The Balaban J connectivity index is 0.00000528. The summed E-state index contributed by atoms with van der Waals surface area (Å²) in [6.07, 6.45) is 5.56. The fourth-order valence-corrected chi connectivity index (χ4v) is 8.07. The van der Waals surface area contributed by atoms with Gasteiger partial charge in [-0.1, -0.05) is 110 Å². The van der Waals surface area contributed by atoms with Crippen LogP contribution in [-0.4, -0.2) is 14.1 Å². The summed E-state index contributed by atoms with van der Waals surface area (Å²) in [4.78, 5) is 4.83. The normalized spacial score (nSPS) is 12.0. The smallest absolute Gasteiger partial charge is 0.267 e. The fraction of sp³-hybridized carbons (Fsp3) is 0.283. The predicted molar refractivity (Wildman–Crippen MR) is 238 cm³/mol. The van der Waals surface area contributed by atoms with Gasteiger partial charge in [-0.05, 0) is 112 Å². The Labute approximate surface area is 365 Å².